The van der Waals surface area contributed by atoms with Crippen LogP contribution in [0.3, 0.4) is 0 Å². The van der Waals surface area contributed by atoms with Crippen LogP contribution in [-0.2, 0) is 0 Å². The Morgan fingerprint density at radius 3 is 2.85 bits per heavy atom. The molecule has 2 N–H and O–H groups in total. The van der Waals surface area contributed by atoms with Gasteiger partial charge in [0.2, 0.25) is 0 Å². The molecule has 1 heterocycles. The average Bonchev–Trinajstić information content (AvgIpc) is 2.69. The molecule has 20 heavy (non-hydrogen) atoms. The van der Waals surface area contributed by atoms with Crippen molar-refractivity contribution in [3.05, 3.63) is 35.1 Å². The summed E-state index contributed by atoms with van der Waals surface area (Å²) in [4.78, 5) is 2.52. The number of nitrogens with zero attached hydrogens (tertiary/aromatic N) is 1. The van der Waals surface area contributed by atoms with Crippen LogP contribution in [0.1, 0.15) is 56.2 Å². The van der Waals surface area contributed by atoms with Crippen LogP contribution >= 0.6 is 0 Å². The molecule has 1 aliphatic rings. The summed E-state index contributed by atoms with van der Waals surface area (Å²) in [6, 6.07) is 5.80. The number of benzene rings is 1. The Morgan fingerprint density at radius 2 is 2.15 bits per heavy atom. The Morgan fingerprint density at radius 1 is 1.35 bits per heavy atom. The van der Waals surface area contributed by atoms with Crippen LogP contribution in [0.15, 0.2) is 18.2 Å². The second-order valence-corrected chi connectivity index (χ2v) is 5.90. The number of nitrogens with two attached hydrogens (primary N) is 1. The van der Waals surface area contributed by atoms with Gasteiger partial charge in [-0.05, 0) is 56.0 Å². The van der Waals surface area contributed by atoms with E-state index in [4.69, 9.17) is 5.73 Å². The molecular formula is C17H27FN2. The highest BCUT2D eigenvalue weighted by Gasteiger charge is 2.27. The maximum absolute atomic E-state index is 13.6. The maximum atomic E-state index is 13.6. The lowest BCUT2D eigenvalue weighted by molar-refractivity contribution is 0.135. The van der Waals surface area contributed by atoms with Crippen LogP contribution in [0, 0.1) is 12.7 Å². The molecule has 1 aromatic rings. The third kappa shape index (κ3) is 3.39. The molecule has 0 saturated carbocycles. The van der Waals surface area contributed by atoms with Crippen LogP contribution in [-0.4, -0.2) is 24.0 Å². The zero-order chi connectivity index (χ0) is 14.5. The molecule has 1 aliphatic heterocycles. The van der Waals surface area contributed by atoms with Gasteiger partial charge in [0.05, 0.1) is 0 Å². The van der Waals surface area contributed by atoms with Crippen molar-refractivity contribution in [2.24, 2.45) is 5.73 Å². The van der Waals surface area contributed by atoms with Crippen LogP contribution in [0.2, 0.25) is 0 Å². The first-order valence-electron chi connectivity index (χ1n) is 7.89. The number of likely N-dealkylation sites (tertiary alicyclic amines) is 1. The summed E-state index contributed by atoms with van der Waals surface area (Å²) < 4.78 is 13.6. The number of halogens is 1. The lowest BCUT2D eigenvalue weighted by atomic mass is 9.97. The van der Waals surface area contributed by atoms with E-state index in [2.05, 4.69) is 18.7 Å². The molecule has 0 amide bonds. The zero-order valence-electron chi connectivity index (χ0n) is 12.7. The fourth-order valence-corrected chi connectivity index (χ4v) is 3.46. The first-order valence-corrected chi connectivity index (χ1v) is 7.89. The highest BCUT2D eigenvalue weighted by Crippen LogP contribution is 2.30. The topological polar surface area (TPSA) is 29.3 Å². The number of rotatable bonds is 4. The molecule has 0 spiro atoms. The Hall–Kier alpha value is -0.930. The van der Waals surface area contributed by atoms with Crippen LogP contribution < -0.4 is 5.73 Å². The molecule has 0 aromatic heterocycles. The highest BCUT2D eigenvalue weighted by atomic mass is 19.1. The molecule has 112 valence electrons. The molecule has 2 atom stereocenters. The third-order valence-electron chi connectivity index (χ3n) is 4.62. The molecule has 2 nitrogen and oxygen atoms in total. The summed E-state index contributed by atoms with van der Waals surface area (Å²) >= 11 is 0. The molecule has 2 unspecified atom stereocenters. The quantitative estimate of drug-likeness (QED) is 0.908. The minimum Gasteiger partial charge on any atom is -0.329 e. The van der Waals surface area contributed by atoms with E-state index >= 15 is 0 Å². The van der Waals surface area contributed by atoms with Gasteiger partial charge in [0.25, 0.3) is 0 Å². The summed E-state index contributed by atoms with van der Waals surface area (Å²) in [5.41, 5.74) is 8.26. The van der Waals surface area contributed by atoms with Gasteiger partial charge in [-0.3, -0.25) is 4.90 Å². The Balaban J connectivity index is 2.31. The molecular weight excluding hydrogens is 251 g/mol. The van der Waals surface area contributed by atoms with Gasteiger partial charge in [-0.15, -0.1) is 0 Å². The number of hydrogen-bond donors (Lipinski definition) is 1. The van der Waals surface area contributed by atoms with Gasteiger partial charge in [0.15, 0.2) is 0 Å². The predicted molar refractivity (Wildman–Crippen MR) is 82.2 cm³/mol. The standard InChI is InChI=1S/C17H27FN2/c1-3-15-7-5-4-6-10-20(15)17(12-19)16-11-14(18)9-8-13(16)2/h8-9,11,15,17H,3-7,10,12,19H2,1-2H3. The van der Waals surface area contributed by atoms with Gasteiger partial charge >= 0.3 is 0 Å². The summed E-state index contributed by atoms with van der Waals surface area (Å²) in [6.45, 7) is 5.93. The number of aryl methyl sites for hydroxylation is 1. The smallest absolute Gasteiger partial charge is 0.123 e. The van der Waals surface area contributed by atoms with E-state index in [1.807, 2.05) is 6.07 Å². The second kappa shape index (κ2) is 7.19. The van der Waals surface area contributed by atoms with Gasteiger partial charge in [0.1, 0.15) is 5.82 Å². The van der Waals surface area contributed by atoms with Crippen molar-refractivity contribution in [2.45, 2.75) is 58.0 Å². The van der Waals surface area contributed by atoms with Crippen LogP contribution in [0.25, 0.3) is 0 Å². The molecule has 0 bridgehead atoms. The molecule has 1 fully saturated rings. The average molecular weight is 278 g/mol. The fourth-order valence-electron chi connectivity index (χ4n) is 3.46. The van der Waals surface area contributed by atoms with E-state index < -0.39 is 0 Å². The van der Waals surface area contributed by atoms with E-state index in [0.29, 0.717) is 12.6 Å². The summed E-state index contributed by atoms with van der Waals surface area (Å²) in [5, 5.41) is 0. The van der Waals surface area contributed by atoms with E-state index in [1.54, 1.807) is 6.07 Å². The van der Waals surface area contributed by atoms with Gasteiger partial charge in [-0.2, -0.15) is 0 Å². The van der Waals surface area contributed by atoms with E-state index in [9.17, 15) is 4.39 Å². The van der Waals surface area contributed by atoms with Crippen molar-refractivity contribution < 1.29 is 4.39 Å². The predicted octanol–water partition coefficient (Wildman–Crippen LogP) is 3.79. The lowest BCUT2D eigenvalue weighted by Crippen LogP contribution is -2.41. The summed E-state index contributed by atoms with van der Waals surface area (Å²) in [6.07, 6.45) is 6.20. The molecule has 3 heteroatoms. The molecule has 0 radical (unpaired) electrons. The van der Waals surface area contributed by atoms with Crippen molar-refractivity contribution in [1.29, 1.82) is 0 Å². The van der Waals surface area contributed by atoms with E-state index in [-0.39, 0.29) is 11.9 Å². The van der Waals surface area contributed by atoms with Crippen molar-refractivity contribution in [2.75, 3.05) is 13.1 Å². The van der Waals surface area contributed by atoms with Gasteiger partial charge in [0, 0.05) is 18.6 Å². The van der Waals surface area contributed by atoms with Crippen LogP contribution in [0.5, 0.6) is 0 Å². The second-order valence-electron chi connectivity index (χ2n) is 5.90. The largest absolute Gasteiger partial charge is 0.329 e. The van der Waals surface area contributed by atoms with E-state index in [0.717, 1.165) is 24.1 Å². The Labute approximate surface area is 122 Å². The summed E-state index contributed by atoms with van der Waals surface area (Å²) in [7, 11) is 0. The molecule has 1 saturated heterocycles. The van der Waals surface area contributed by atoms with Crippen molar-refractivity contribution in [3.63, 3.8) is 0 Å². The minimum atomic E-state index is -0.160. The molecule has 0 aliphatic carbocycles. The Kier molecular flexibility index (Phi) is 5.55. The van der Waals surface area contributed by atoms with Crippen LogP contribution in [0.4, 0.5) is 4.39 Å². The molecule has 1 aromatic carbocycles. The van der Waals surface area contributed by atoms with Crippen molar-refractivity contribution in [3.8, 4) is 0 Å². The number of hydrogen-bond acceptors (Lipinski definition) is 2. The molecule has 2 rings (SSSR count). The first-order chi connectivity index (χ1) is 9.67. The maximum Gasteiger partial charge on any atom is 0.123 e. The fraction of sp³-hybridized carbons (Fsp3) is 0.647. The normalized spacial score (nSPS) is 22.5. The lowest BCUT2D eigenvalue weighted by Gasteiger charge is -2.37. The monoisotopic (exact) mass is 278 g/mol. The van der Waals surface area contributed by atoms with Gasteiger partial charge < -0.3 is 5.73 Å². The minimum absolute atomic E-state index is 0.147. The third-order valence-corrected chi connectivity index (χ3v) is 4.62. The van der Waals surface area contributed by atoms with Gasteiger partial charge in [-0.1, -0.05) is 25.8 Å². The van der Waals surface area contributed by atoms with Crippen molar-refractivity contribution >= 4 is 0 Å². The highest BCUT2D eigenvalue weighted by molar-refractivity contribution is 5.30. The SMILES string of the molecule is CCC1CCCCCN1C(CN)c1cc(F)ccc1C. The van der Waals surface area contributed by atoms with Crippen molar-refractivity contribution in [1.82, 2.24) is 4.90 Å². The summed E-state index contributed by atoms with van der Waals surface area (Å²) in [5.74, 6) is -0.160. The Bertz CT molecular complexity index is 433. The zero-order valence-corrected chi connectivity index (χ0v) is 12.7. The van der Waals surface area contributed by atoms with E-state index in [1.165, 1.54) is 31.7 Å². The van der Waals surface area contributed by atoms with Gasteiger partial charge in [-0.25, -0.2) is 4.39 Å². The first kappa shape index (κ1) is 15.5.